The molecule has 0 aliphatic rings. The van der Waals surface area contributed by atoms with Gasteiger partial charge in [-0.15, -0.1) is 11.3 Å². The van der Waals surface area contributed by atoms with Crippen molar-refractivity contribution in [2.24, 2.45) is 0 Å². The zero-order chi connectivity index (χ0) is 20.5. The standard InChI is InChI=1S/C18H18Cl2N2O5S/c1-11(27-15-5-4-12(19)9-14(15)20)17(24)26-10-16(23)22-18(25)21-7-6-13-3-2-8-28-13/h2-5,8-9,11H,6-7,10H2,1H3,(H2,21,22,23,25). The molecule has 1 aromatic heterocycles. The van der Waals surface area contributed by atoms with Crippen LogP contribution < -0.4 is 15.4 Å². The number of halogens is 2. The number of benzene rings is 1. The van der Waals surface area contributed by atoms with Crippen molar-refractivity contribution in [3.05, 3.63) is 50.6 Å². The van der Waals surface area contributed by atoms with E-state index in [1.807, 2.05) is 17.5 Å². The first-order chi connectivity index (χ1) is 13.3. The highest BCUT2D eigenvalue weighted by molar-refractivity contribution is 7.09. The number of hydrogen-bond donors (Lipinski definition) is 2. The number of nitrogens with one attached hydrogen (secondary N) is 2. The number of carbonyl (C=O) groups excluding carboxylic acids is 3. The van der Waals surface area contributed by atoms with Gasteiger partial charge in [0.1, 0.15) is 5.75 Å². The zero-order valence-electron chi connectivity index (χ0n) is 14.9. The molecule has 1 unspecified atom stereocenters. The molecule has 0 fully saturated rings. The summed E-state index contributed by atoms with van der Waals surface area (Å²) >= 11 is 13.3. The maximum atomic E-state index is 11.9. The van der Waals surface area contributed by atoms with Crippen LogP contribution in [-0.2, 0) is 20.7 Å². The fourth-order valence-corrected chi connectivity index (χ4v) is 3.19. The Kier molecular flexibility index (Phi) is 8.56. The minimum absolute atomic E-state index is 0.240. The van der Waals surface area contributed by atoms with Gasteiger partial charge in [-0.25, -0.2) is 9.59 Å². The number of urea groups is 1. The first-order valence-corrected chi connectivity index (χ1v) is 9.87. The molecule has 0 saturated heterocycles. The largest absolute Gasteiger partial charge is 0.477 e. The summed E-state index contributed by atoms with van der Waals surface area (Å²) in [5.74, 6) is -1.27. The molecule has 3 amide bonds. The predicted molar refractivity (Wildman–Crippen MR) is 107 cm³/mol. The summed E-state index contributed by atoms with van der Waals surface area (Å²) in [6.07, 6.45) is -0.345. The molecule has 2 N–H and O–H groups in total. The van der Waals surface area contributed by atoms with Crippen LogP contribution in [0.2, 0.25) is 10.0 Å². The number of amides is 3. The van der Waals surface area contributed by atoms with Crippen LogP contribution in [-0.4, -0.2) is 37.2 Å². The second-order valence-electron chi connectivity index (χ2n) is 5.58. The maximum absolute atomic E-state index is 11.9. The highest BCUT2D eigenvalue weighted by Crippen LogP contribution is 2.28. The lowest BCUT2D eigenvalue weighted by Crippen LogP contribution is -2.42. The molecule has 0 bridgehead atoms. The molecular formula is C18H18Cl2N2O5S. The van der Waals surface area contributed by atoms with Crippen molar-refractivity contribution in [3.63, 3.8) is 0 Å². The molecule has 0 aliphatic carbocycles. The third-order valence-electron chi connectivity index (χ3n) is 3.37. The van der Waals surface area contributed by atoms with E-state index in [0.29, 0.717) is 18.0 Å². The van der Waals surface area contributed by atoms with E-state index in [4.69, 9.17) is 32.7 Å². The zero-order valence-corrected chi connectivity index (χ0v) is 17.2. The van der Waals surface area contributed by atoms with Crippen LogP contribution in [0.3, 0.4) is 0 Å². The van der Waals surface area contributed by atoms with Gasteiger partial charge < -0.3 is 14.8 Å². The minimum Gasteiger partial charge on any atom is -0.477 e. The third-order valence-corrected chi connectivity index (χ3v) is 4.83. The second kappa shape index (κ2) is 10.9. The molecule has 10 heteroatoms. The quantitative estimate of drug-likeness (QED) is 0.608. The average Bonchev–Trinajstić information content (AvgIpc) is 3.15. The molecule has 1 heterocycles. The van der Waals surface area contributed by atoms with Crippen LogP contribution in [0.15, 0.2) is 35.7 Å². The molecule has 0 spiro atoms. The van der Waals surface area contributed by atoms with E-state index in [-0.39, 0.29) is 10.8 Å². The number of hydrogen-bond acceptors (Lipinski definition) is 6. The normalized spacial score (nSPS) is 11.4. The van der Waals surface area contributed by atoms with Gasteiger partial charge in [-0.2, -0.15) is 0 Å². The highest BCUT2D eigenvalue weighted by Gasteiger charge is 2.19. The molecule has 0 aliphatic heterocycles. The van der Waals surface area contributed by atoms with E-state index >= 15 is 0 Å². The maximum Gasteiger partial charge on any atom is 0.347 e. The van der Waals surface area contributed by atoms with Crippen molar-refractivity contribution >= 4 is 52.4 Å². The number of carbonyl (C=O) groups is 3. The van der Waals surface area contributed by atoms with Gasteiger partial charge in [0, 0.05) is 16.4 Å². The van der Waals surface area contributed by atoms with E-state index in [1.54, 1.807) is 17.4 Å². The summed E-state index contributed by atoms with van der Waals surface area (Å²) in [5, 5.41) is 7.24. The number of ether oxygens (including phenoxy) is 2. The number of rotatable bonds is 8. The van der Waals surface area contributed by atoms with Crippen LogP contribution in [0, 0.1) is 0 Å². The van der Waals surface area contributed by atoms with Crippen molar-refractivity contribution in [3.8, 4) is 5.75 Å². The van der Waals surface area contributed by atoms with Gasteiger partial charge in [-0.1, -0.05) is 29.3 Å². The van der Waals surface area contributed by atoms with Gasteiger partial charge in [-0.05, 0) is 43.0 Å². The minimum atomic E-state index is -1.01. The van der Waals surface area contributed by atoms with Crippen molar-refractivity contribution in [2.75, 3.05) is 13.2 Å². The summed E-state index contributed by atoms with van der Waals surface area (Å²) in [6.45, 7) is 1.22. The molecule has 2 aromatic rings. The number of esters is 1. The molecule has 1 aromatic carbocycles. The van der Waals surface area contributed by atoms with Crippen LogP contribution in [0.25, 0.3) is 0 Å². The fourth-order valence-electron chi connectivity index (χ4n) is 2.02. The fraction of sp³-hybridized carbons (Fsp3) is 0.278. The van der Waals surface area contributed by atoms with E-state index in [9.17, 15) is 14.4 Å². The van der Waals surface area contributed by atoms with Gasteiger partial charge in [0.15, 0.2) is 12.7 Å². The summed E-state index contributed by atoms with van der Waals surface area (Å²) in [5.41, 5.74) is 0. The molecular weight excluding hydrogens is 427 g/mol. The highest BCUT2D eigenvalue weighted by atomic mass is 35.5. The van der Waals surface area contributed by atoms with Crippen molar-refractivity contribution < 1.29 is 23.9 Å². The van der Waals surface area contributed by atoms with Crippen LogP contribution in [0.1, 0.15) is 11.8 Å². The van der Waals surface area contributed by atoms with Crippen molar-refractivity contribution in [1.29, 1.82) is 0 Å². The molecule has 1 atom stereocenters. The Morgan fingerprint density at radius 3 is 2.68 bits per heavy atom. The van der Waals surface area contributed by atoms with Crippen LogP contribution >= 0.6 is 34.5 Å². The van der Waals surface area contributed by atoms with E-state index in [2.05, 4.69) is 10.6 Å². The summed E-state index contributed by atoms with van der Waals surface area (Å²) in [7, 11) is 0. The first kappa shape index (κ1) is 22.0. The Bertz CT molecular complexity index is 829. The smallest absolute Gasteiger partial charge is 0.347 e. The van der Waals surface area contributed by atoms with Crippen molar-refractivity contribution in [1.82, 2.24) is 10.6 Å². The number of imide groups is 1. The van der Waals surface area contributed by atoms with Gasteiger partial charge >= 0.3 is 12.0 Å². The Balaban J connectivity index is 1.67. The Morgan fingerprint density at radius 1 is 1.21 bits per heavy atom. The Labute approximate surface area is 175 Å². The molecule has 28 heavy (non-hydrogen) atoms. The predicted octanol–water partition coefficient (Wildman–Crippen LogP) is 3.43. The Morgan fingerprint density at radius 2 is 2.00 bits per heavy atom. The lowest BCUT2D eigenvalue weighted by atomic mass is 10.3. The van der Waals surface area contributed by atoms with E-state index < -0.39 is 30.6 Å². The molecule has 7 nitrogen and oxygen atoms in total. The van der Waals surface area contributed by atoms with Gasteiger partial charge in [-0.3, -0.25) is 10.1 Å². The molecule has 150 valence electrons. The Hall–Kier alpha value is -2.29. The van der Waals surface area contributed by atoms with E-state index in [0.717, 1.165) is 4.88 Å². The third kappa shape index (κ3) is 7.38. The van der Waals surface area contributed by atoms with Crippen LogP contribution in [0.5, 0.6) is 5.75 Å². The lowest BCUT2D eigenvalue weighted by Gasteiger charge is -2.15. The summed E-state index contributed by atoms with van der Waals surface area (Å²) in [6, 6.07) is 7.77. The molecule has 0 radical (unpaired) electrons. The summed E-state index contributed by atoms with van der Waals surface area (Å²) in [4.78, 5) is 36.4. The topological polar surface area (TPSA) is 93.7 Å². The number of thiophene rings is 1. The van der Waals surface area contributed by atoms with E-state index in [1.165, 1.54) is 19.1 Å². The second-order valence-corrected chi connectivity index (χ2v) is 7.45. The average molecular weight is 445 g/mol. The monoisotopic (exact) mass is 444 g/mol. The van der Waals surface area contributed by atoms with Crippen molar-refractivity contribution in [2.45, 2.75) is 19.4 Å². The van der Waals surface area contributed by atoms with Crippen LogP contribution in [0.4, 0.5) is 4.79 Å². The lowest BCUT2D eigenvalue weighted by molar-refractivity contribution is -0.154. The van der Waals surface area contributed by atoms with Gasteiger partial charge in [0.25, 0.3) is 5.91 Å². The molecule has 2 rings (SSSR count). The van der Waals surface area contributed by atoms with Gasteiger partial charge in [0.05, 0.1) is 5.02 Å². The summed E-state index contributed by atoms with van der Waals surface area (Å²) < 4.78 is 10.2. The van der Waals surface area contributed by atoms with Gasteiger partial charge in [0.2, 0.25) is 0 Å². The first-order valence-electron chi connectivity index (χ1n) is 8.23. The molecule has 0 saturated carbocycles. The SMILES string of the molecule is CC(Oc1ccc(Cl)cc1Cl)C(=O)OCC(=O)NC(=O)NCCc1cccs1.